The molecule has 0 aliphatic rings. The largest absolute Gasteiger partial charge is 0.474 e. The van der Waals surface area contributed by atoms with Crippen molar-refractivity contribution in [1.82, 2.24) is 9.78 Å². The molecule has 2 aromatic rings. The standard InChI is InChI=1S/C15H17FN4O4/c1-9(2)19-14(6-7-17-19)18-15(21)10(3)24-13-8-11(16)4-5-12(13)20(22)23/h4-10H,1-3H3,(H,18,21)/t10-/m0/s1. The highest BCUT2D eigenvalue weighted by molar-refractivity contribution is 5.93. The number of amides is 1. The number of carbonyl (C=O) groups excluding carboxylic acids is 1. The molecule has 0 fully saturated rings. The number of aromatic nitrogens is 2. The SMILES string of the molecule is CC(C)n1nccc1NC(=O)[C@H](C)Oc1cc(F)ccc1[N+](=O)[O-]. The Bertz CT molecular complexity index is 760. The summed E-state index contributed by atoms with van der Waals surface area (Å²) in [6, 6.07) is 4.48. The van der Waals surface area contributed by atoms with Crippen LogP contribution in [0.15, 0.2) is 30.5 Å². The van der Waals surface area contributed by atoms with E-state index in [9.17, 15) is 19.3 Å². The first kappa shape index (κ1) is 17.4. The van der Waals surface area contributed by atoms with Crippen molar-refractivity contribution in [3.05, 3.63) is 46.4 Å². The molecule has 0 spiro atoms. The van der Waals surface area contributed by atoms with E-state index in [0.29, 0.717) is 5.82 Å². The van der Waals surface area contributed by atoms with Crippen LogP contribution in [0.4, 0.5) is 15.9 Å². The van der Waals surface area contributed by atoms with Crippen LogP contribution >= 0.6 is 0 Å². The molecule has 1 N–H and O–H groups in total. The number of anilines is 1. The molecule has 1 heterocycles. The van der Waals surface area contributed by atoms with E-state index in [-0.39, 0.29) is 11.8 Å². The van der Waals surface area contributed by atoms with Crippen LogP contribution < -0.4 is 10.1 Å². The highest BCUT2D eigenvalue weighted by atomic mass is 19.1. The Morgan fingerprint density at radius 3 is 2.71 bits per heavy atom. The Morgan fingerprint density at radius 2 is 2.08 bits per heavy atom. The van der Waals surface area contributed by atoms with E-state index >= 15 is 0 Å². The van der Waals surface area contributed by atoms with Gasteiger partial charge in [0.05, 0.1) is 11.1 Å². The predicted molar refractivity (Wildman–Crippen MR) is 84.4 cm³/mol. The Kier molecular flexibility index (Phi) is 5.12. The van der Waals surface area contributed by atoms with Gasteiger partial charge in [-0.2, -0.15) is 5.10 Å². The van der Waals surface area contributed by atoms with Gasteiger partial charge in [0.15, 0.2) is 6.10 Å². The molecule has 9 heteroatoms. The molecule has 0 radical (unpaired) electrons. The van der Waals surface area contributed by atoms with E-state index in [1.807, 2.05) is 13.8 Å². The van der Waals surface area contributed by atoms with Crippen LogP contribution in [0, 0.1) is 15.9 Å². The van der Waals surface area contributed by atoms with E-state index in [0.717, 1.165) is 18.2 Å². The van der Waals surface area contributed by atoms with E-state index in [1.165, 1.54) is 6.92 Å². The molecular weight excluding hydrogens is 319 g/mol. The van der Waals surface area contributed by atoms with Crippen LogP contribution in [0.3, 0.4) is 0 Å². The van der Waals surface area contributed by atoms with Crippen molar-refractivity contribution in [2.75, 3.05) is 5.32 Å². The molecule has 128 valence electrons. The molecule has 0 saturated carbocycles. The van der Waals surface area contributed by atoms with E-state index in [2.05, 4.69) is 10.4 Å². The fraction of sp³-hybridized carbons (Fsp3) is 0.333. The van der Waals surface area contributed by atoms with Crippen LogP contribution in [-0.4, -0.2) is 26.7 Å². The minimum absolute atomic E-state index is 0.0378. The lowest BCUT2D eigenvalue weighted by Crippen LogP contribution is -2.31. The number of hydrogen-bond acceptors (Lipinski definition) is 5. The fourth-order valence-electron chi connectivity index (χ4n) is 2.03. The third-order valence-corrected chi connectivity index (χ3v) is 3.20. The van der Waals surface area contributed by atoms with Gasteiger partial charge >= 0.3 is 5.69 Å². The van der Waals surface area contributed by atoms with Gasteiger partial charge in [-0.05, 0) is 26.8 Å². The molecule has 0 bridgehead atoms. The number of ether oxygens (including phenoxy) is 1. The maximum Gasteiger partial charge on any atom is 0.311 e. The predicted octanol–water partition coefficient (Wildman–Crippen LogP) is 2.92. The zero-order valence-electron chi connectivity index (χ0n) is 13.4. The third-order valence-electron chi connectivity index (χ3n) is 3.20. The lowest BCUT2D eigenvalue weighted by atomic mass is 10.2. The quantitative estimate of drug-likeness (QED) is 0.646. The van der Waals surface area contributed by atoms with Gasteiger partial charge in [0.2, 0.25) is 5.75 Å². The zero-order chi connectivity index (χ0) is 17.9. The summed E-state index contributed by atoms with van der Waals surface area (Å²) in [5, 5.41) is 17.7. The van der Waals surface area contributed by atoms with Crippen molar-refractivity contribution in [3.8, 4) is 5.75 Å². The molecule has 8 nitrogen and oxygen atoms in total. The van der Waals surface area contributed by atoms with Crippen molar-refractivity contribution < 1.29 is 18.8 Å². The fourth-order valence-corrected chi connectivity index (χ4v) is 2.03. The molecular formula is C15H17FN4O4. The van der Waals surface area contributed by atoms with Crippen LogP contribution in [0.1, 0.15) is 26.8 Å². The van der Waals surface area contributed by atoms with Crippen LogP contribution in [0.2, 0.25) is 0 Å². The zero-order valence-corrected chi connectivity index (χ0v) is 13.4. The van der Waals surface area contributed by atoms with E-state index in [1.54, 1.807) is 16.9 Å². The number of halogens is 1. The first-order valence-corrected chi connectivity index (χ1v) is 7.24. The summed E-state index contributed by atoms with van der Waals surface area (Å²) in [6.45, 7) is 5.22. The molecule has 0 aliphatic heterocycles. The van der Waals surface area contributed by atoms with Crippen molar-refractivity contribution >= 4 is 17.4 Å². The summed E-state index contributed by atoms with van der Waals surface area (Å²) < 4.78 is 20.2. The number of nitro benzene ring substituents is 1. The minimum atomic E-state index is -1.07. The molecule has 2 rings (SSSR count). The average molecular weight is 336 g/mol. The number of nitro groups is 1. The highest BCUT2D eigenvalue weighted by Gasteiger charge is 2.22. The summed E-state index contributed by atoms with van der Waals surface area (Å²) in [4.78, 5) is 22.5. The lowest BCUT2D eigenvalue weighted by molar-refractivity contribution is -0.386. The second-order valence-electron chi connectivity index (χ2n) is 5.37. The molecule has 1 aromatic heterocycles. The van der Waals surface area contributed by atoms with Gasteiger partial charge in [0.25, 0.3) is 5.91 Å². The molecule has 1 atom stereocenters. The van der Waals surface area contributed by atoms with Gasteiger partial charge in [-0.3, -0.25) is 14.9 Å². The Morgan fingerprint density at radius 1 is 1.38 bits per heavy atom. The lowest BCUT2D eigenvalue weighted by Gasteiger charge is -2.16. The van der Waals surface area contributed by atoms with Gasteiger partial charge in [-0.1, -0.05) is 0 Å². The molecule has 1 aromatic carbocycles. The Hall–Kier alpha value is -2.97. The average Bonchev–Trinajstić information content (AvgIpc) is 2.95. The smallest absolute Gasteiger partial charge is 0.311 e. The summed E-state index contributed by atoms with van der Waals surface area (Å²) in [6.07, 6.45) is 0.472. The van der Waals surface area contributed by atoms with Gasteiger partial charge in [-0.15, -0.1) is 0 Å². The first-order valence-electron chi connectivity index (χ1n) is 7.24. The number of benzene rings is 1. The minimum Gasteiger partial charge on any atom is -0.474 e. The summed E-state index contributed by atoms with van der Waals surface area (Å²) in [5.74, 6) is -1.06. The van der Waals surface area contributed by atoms with Crippen molar-refractivity contribution in [2.45, 2.75) is 32.9 Å². The number of hydrogen-bond donors (Lipinski definition) is 1. The summed E-state index contributed by atoms with van der Waals surface area (Å²) >= 11 is 0. The van der Waals surface area contributed by atoms with Crippen molar-refractivity contribution in [1.29, 1.82) is 0 Å². The molecule has 0 saturated heterocycles. The van der Waals surface area contributed by atoms with E-state index < -0.39 is 28.4 Å². The van der Waals surface area contributed by atoms with E-state index in [4.69, 9.17) is 4.74 Å². The second-order valence-corrected chi connectivity index (χ2v) is 5.37. The Labute approximate surface area is 137 Å². The van der Waals surface area contributed by atoms with Gasteiger partial charge in [0.1, 0.15) is 11.6 Å². The normalized spacial score (nSPS) is 12.0. The Balaban J connectivity index is 2.13. The summed E-state index contributed by atoms with van der Waals surface area (Å²) in [5.41, 5.74) is -0.414. The van der Waals surface area contributed by atoms with Gasteiger partial charge in [-0.25, -0.2) is 9.07 Å². The van der Waals surface area contributed by atoms with Crippen LogP contribution in [0.25, 0.3) is 0 Å². The monoisotopic (exact) mass is 336 g/mol. The number of rotatable bonds is 6. The van der Waals surface area contributed by atoms with Gasteiger partial charge < -0.3 is 10.1 Å². The maximum absolute atomic E-state index is 13.3. The van der Waals surface area contributed by atoms with Crippen LogP contribution in [0.5, 0.6) is 5.75 Å². The number of nitrogens with zero attached hydrogens (tertiary/aromatic N) is 3. The maximum atomic E-state index is 13.3. The highest BCUT2D eigenvalue weighted by Crippen LogP contribution is 2.28. The number of carbonyl (C=O) groups is 1. The third kappa shape index (κ3) is 3.86. The van der Waals surface area contributed by atoms with Crippen molar-refractivity contribution in [3.63, 3.8) is 0 Å². The topological polar surface area (TPSA) is 99.3 Å². The number of nitrogens with one attached hydrogen (secondary N) is 1. The van der Waals surface area contributed by atoms with Crippen molar-refractivity contribution in [2.24, 2.45) is 0 Å². The molecule has 24 heavy (non-hydrogen) atoms. The molecule has 0 unspecified atom stereocenters. The first-order chi connectivity index (χ1) is 11.3. The van der Waals surface area contributed by atoms with Crippen LogP contribution in [-0.2, 0) is 4.79 Å². The summed E-state index contributed by atoms with van der Waals surface area (Å²) in [7, 11) is 0. The second kappa shape index (κ2) is 7.07. The van der Waals surface area contributed by atoms with Gasteiger partial charge in [0, 0.05) is 24.2 Å². The molecule has 1 amide bonds. The molecule has 0 aliphatic carbocycles.